The predicted octanol–water partition coefficient (Wildman–Crippen LogP) is 3.62. The lowest BCUT2D eigenvalue weighted by Crippen LogP contribution is -2.31. The van der Waals surface area contributed by atoms with Crippen LogP contribution in [-0.4, -0.2) is 25.7 Å². The monoisotopic (exact) mass is 409 g/mol. The average molecular weight is 410 g/mol. The molecule has 1 aliphatic rings. The van der Waals surface area contributed by atoms with Gasteiger partial charge in [0.25, 0.3) is 5.91 Å². The largest absolute Gasteiger partial charge is 0.486 e. The van der Waals surface area contributed by atoms with E-state index < -0.39 is 5.82 Å². The molecule has 0 aliphatic carbocycles. The van der Waals surface area contributed by atoms with Crippen molar-refractivity contribution in [2.24, 2.45) is 0 Å². The Labute approximate surface area is 153 Å². The van der Waals surface area contributed by atoms with Crippen molar-refractivity contribution in [3.05, 3.63) is 52.3 Å². The van der Waals surface area contributed by atoms with Gasteiger partial charge in [-0.25, -0.2) is 4.39 Å². The standard InChI is InChI=1S/C18H17BrFNO4/c1-11(12-8-16-17(9-13(12)19)24-7-6-23-16)21-18(22)10-25-15-5-3-2-4-14(15)20/h2-5,8-9,11H,6-7,10H2,1H3,(H,21,22). The predicted molar refractivity (Wildman–Crippen MR) is 93.6 cm³/mol. The molecule has 5 nitrogen and oxygen atoms in total. The number of para-hydroxylation sites is 1. The van der Waals surface area contributed by atoms with E-state index in [0.29, 0.717) is 24.7 Å². The van der Waals surface area contributed by atoms with Crippen molar-refractivity contribution in [1.82, 2.24) is 5.32 Å². The second-order valence-corrected chi connectivity index (χ2v) is 6.38. The molecule has 132 valence electrons. The molecule has 0 radical (unpaired) electrons. The third-order valence-corrected chi connectivity index (χ3v) is 4.39. The first kappa shape index (κ1) is 17.5. The fourth-order valence-electron chi connectivity index (χ4n) is 2.48. The molecule has 7 heteroatoms. The quantitative estimate of drug-likeness (QED) is 0.819. The first-order valence-electron chi connectivity index (χ1n) is 7.80. The Morgan fingerprint density at radius 2 is 1.96 bits per heavy atom. The molecule has 25 heavy (non-hydrogen) atoms. The molecule has 3 rings (SSSR count). The Bertz CT molecular complexity index is 784. The van der Waals surface area contributed by atoms with Gasteiger partial charge in [0.15, 0.2) is 29.7 Å². The third kappa shape index (κ3) is 4.22. The lowest BCUT2D eigenvalue weighted by Gasteiger charge is -2.22. The summed E-state index contributed by atoms with van der Waals surface area (Å²) in [5, 5.41) is 2.82. The van der Waals surface area contributed by atoms with E-state index in [1.807, 2.05) is 19.1 Å². The summed E-state index contributed by atoms with van der Waals surface area (Å²) in [4.78, 5) is 12.1. The van der Waals surface area contributed by atoms with Gasteiger partial charge in [-0.3, -0.25) is 4.79 Å². The SMILES string of the molecule is CC(NC(=O)COc1ccccc1F)c1cc2c(cc1Br)OCCO2. The van der Waals surface area contributed by atoms with Gasteiger partial charge in [-0.2, -0.15) is 0 Å². The number of hydrogen-bond donors (Lipinski definition) is 1. The van der Waals surface area contributed by atoms with E-state index in [9.17, 15) is 9.18 Å². The lowest BCUT2D eigenvalue weighted by atomic mass is 10.1. The molecule has 2 aromatic rings. The molecule has 0 saturated carbocycles. The maximum Gasteiger partial charge on any atom is 0.258 e. The van der Waals surface area contributed by atoms with E-state index in [-0.39, 0.29) is 24.3 Å². The second-order valence-electron chi connectivity index (χ2n) is 5.53. The Morgan fingerprint density at radius 1 is 1.28 bits per heavy atom. The average Bonchev–Trinajstić information content (AvgIpc) is 2.60. The van der Waals surface area contributed by atoms with Gasteiger partial charge in [-0.15, -0.1) is 0 Å². The van der Waals surface area contributed by atoms with Gasteiger partial charge in [0.05, 0.1) is 6.04 Å². The van der Waals surface area contributed by atoms with Crippen molar-refractivity contribution in [3.63, 3.8) is 0 Å². The van der Waals surface area contributed by atoms with Crippen LogP contribution in [0.1, 0.15) is 18.5 Å². The highest BCUT2D eigenvalue weighted by molar-refractivity contribution is 9.10. The van der Waals surface area contributed by atoms with Gasteiger partial charge in [-0.05, 0) is 36.8 Å². The number of carbonyl (C=O) groups is 1. The zero-order valence-corrected chi connectivity index (χ0v) is 15.1. The van der Waals surface area contributed by atoms with Crippen molar-refractivity contribution >= 4 is 21.8 Å². The fourth-order valence-corrected chi connectivity index (χ4v) is 3.14. The van der Waals surface area contributed by atoms with Crippen LogP contribution >= 0.6 is 15.9 Å². The van der Waals surface area contributed by atoms with E-state index in [2.05, 4.69) is 21.2 Å². The molecule has 1 atom stereocenters. The number of ether oxygens (including phenoxy) is 3. The molecule has 0 saturated heterocycles. The summed E-state index contributed by atoms with van der Waals surface area (Å²) in [6, 6.07) is 9.33. The minimum absolute atomic E-state index is 0.0470. The van der Waals surface area contributed by atoms with Crippen LogP contribution in [0.3, 0.4) is 0 Å². The molecule has 0 spiro atoms. The van der Waals surface area contributed by atoms with Crippen LogP contribution in [0.5, 0.6) is 17.2 Å². The van der Waals surface area contributed by atoms with Gasteiger partial charge in [0.1, 0.15) is 13.2 Å². The van der Waals surface area contributed by atoms with Gasteiger partial charge >= 0.3 is 0 Å². The summed E-state index contributed by atoms with van der Waals surface area (Å²) in [5.74, 6) is 0.512. The number of amides is 1. The number of benzene rings is 2. The van der Waals surface area contributed by atoms with Crippen molar-refractivity contribution in [3.8, 4) is 17.2 Å². The molecule has 1 heterocycles. The molecule has 0 aromatic heterocycles. The highest BCUT2D eigenvalue weighted by atomic mass is 79.9. The number of carbonyl (C=O) groups excluding carboxylic acids is 1. The molecule has 1 unspecified atom stereocenters. The maximum absolute atomic E-state index is 13.5. The first-order valence-corrected chi connectivity index (χ1v) is 8.59. The summed E-state index contributed by atoms with van der Waals surface area (Å²) < 4.78 is 30.6. The van der Waals surface area contributed by atoms with Gasteiger partial charge in [-0.1, -0.05) is 28.1 Å². The smallest absolute Gasteiger partial charge is 0.258 e. The normalized spacial score (nSPS) is 13.9. The Hall–Kier alpha value is -2.28. The van der Waals surface area contributed by atoms with E-state index in [0.717, 1.165) is 10.0 Å². The molecule has 2 aromatic carbocycles. The van der Waals surface area contributed by atoms with Crippen LogP contribution in [0.15, 0.2) is 40.9 Å². The number of fused-ring (bicyclic) bond motifs is 1. The van der Waals surface area contributed by atoms with Crippen LogP contribution in [0.25, 0.3) is 0 Å². The van der Waals surface area contributed by atoms with Gasteiger partial charge in [0, 0.05) is 4.47 Å². The summed E-state index contributed by atoms with van der Waals surface area (Å²) >= 11 is 3.48. The number of halogens is 2. The summed E-state index contributed by atoms with van der Waals surface area (Å²) in [6.45, 7) is 2.58. The Balaban J connectivity index is 1.62. The number of hydrogen-bond acceptors (Lipinski definition) is 4. The molecule has 1 N–H and O–H groups in total. The fraction of sp³-hybridized carbons (Fsp3) is 0.278. The topological polar surface area (TPSA) is 56.8 Å². The molecular formula is C18H17BrFNO4. The summed E-state index contributed by atoms with van der Waals surface area (Å²) in [7, 11) is 0. The van der Waals surface area contributed by atoms with E-state index in [1.165, 1.54) is 12.1 Å². The van der Waals surface area contributed by atoms with Gasteiger partial charge < -0.3 is 19.5 Å². The van der Waals surface area contributed by atoms with Crippen LogP contribution in [0.2, 0.25) is 0 Å². The zero-order chi connectivity index (χ0) is 17.8. The Morgan fingerprint density at radius 3 is 2.68 bits per heavy atom. The molecule has 0 fully saturated rings. The van der Waals surface area contributed by atoms with Crippen LogP contribution in [-0.2, 0) is 4.79 Å². The highest BCUT2D eigenvalue weighted by Gasteiger charge is 2.19. The Kier molecular flexibility index (Phi) is 5.43. The number of nitrogens with one attached hydrogen (secondary N) is 1. The molecular weight excluding hydrogens is 393 g/mol. The zero-order valence-electron chi connectivity index (χ0n) is 13.6. The first-order chi connectivity index (χ1) is 12.0. The minimum Gasteiger partial charge on any atom is -0.486 e. The van der Waals surface area contributed by atoms with Crippen molar-refractivity contribution in [2.75, 3.05) is 19.8 Å². The van der Waals surface area contributed by atoms with E-state index in [1.54, 1.807) is 12.1 Å². The van der Waals surface area contributed by atoms with Crippen LogP contribution < -0.4 is 19.5 Å². The molecule has 1 amide bonds. The summed E-state index contributed by atoms with van der Waals surface area (Å²) in [5.41, 5.74) is 0.850. The molecule has 0 bridgehead atoms. The maximum atomic E-state index is 13.5. The van der Waals surface area contributed by atoms with Gasteiger partial charge in [0.2, 0.25) is 0 Å². The van der Waals surface area contributed by atoms with Crippen LogP contribution in [0, 0.1) is 5.82 Å². The van der Waals surface area contributed by atoms with Crippen molar-refractivity contribution in [1.29, 1.82) is 0 Å². The van der Waals surface area contributed by atoms with Crippen molar-refractivity contribution < 1.29 is 23.4 Å². The number of rotatable bonds is 5. The summed E-state index contributed by atoms with van der Waals surface area (Å²) in [6.07, 6.45) is 0. The van der Waals surface area contributed by atoms with Crippen LogP contribution in [0.4, 0.5) is 4.39 Å². The highest BCUT2D eigenvalue weighted by Crippen LogP contribution is 2.37. The minimum atomic E-state index is -0.502. The van der Waals surface area contributed by atoms with Crippen molar-refractivity contribution in [2.45, 2.75) is 13.0 Å². The second kappa shape index (κ2) is 7.74. The lowest BCUT2D eigenvalue weighted by molar-refractivity contribution is -0.123. The van der Waals surface area contributed by atoms with E-state index >= 15 is 0 Å². The molecule has 1 aliphatic heterocycles. The van der Waals surface area contributed by atoms with E-state index in [4.69, 9.17) is 14.2 Å². The third-order valence-electron chi connectivity index (χ3n) is 3.70.